The Morgan fingerprint density at radius 3 is 2.56 bits per heavy atom. The topological polar surface area (TPSA) is 43.8 Å². The molecule has 0 aliphatic heterocycles. The Morgan fingerprint density at radius 1 is 1.25 bits per heavy atom. The minimum Gasteiger partial charge on any atom is -0.383 e. The van der Waals surface area contributed by atoms with Crippen molar-refractivity contribution in [2.75, 3.05) is 5.73 Å². The smallest absolute Gasteiger partial charge is 0.131 e. The van der Waals surface area contributed by atoms with Crippen molar-refractivity contribution in [2.24, 2.45) is 0 Å². The Kier molecular flexibility index (Phi) is 1.99. The molecule has 0 radical (unpaired) electrons. The fraction of sp³-hybridized carbons (Fsp3) is 0.308. The van der Waals surface area contributed by atoms with E-state index in [0.29, 0.717) is 6.04 Å². The van der Waals surface area contributed by atoms with E-state index in [1.807, 2.05) is 6.33 Å². The fourth-order valence-corrected chi connectivity index (χ4v) is 1.95. The Labute approximate surface area is 94.9 Å². The van der Waals surface area contributed by atoms with Gasteiger partial charge in [0.1, 0.15) is 11.5 Å². The summed E-state index contributed by atoms with van der Waals surface area (Å²) in [5.41, 5.74) is 9.38. The van der Waals surface area contributed by atoms with E-state index in [-0.39, 0.29) is 0 Å². The molecule has 1 aliphatic carbocycles. The van der Waals surface area contributed by atoms with Gasteiger partial charge in [0.25, 0.3) is 0 Å². The van der Waals surface area contributed by atoms with Crippen molar-refractivity contribution in [3.63, 3.8) is 0 Å². The molecule has 1 aromatic heterocycles. The first-order chi connectivity index (χ1) is 7.75. The van der Waals surface area contributed by atoms with Crippen LogP contribution in [0.5, 0.6) is 0 Å². The third-order valence-corrected chi connectivity index (χ3v) is 3.10. The third kappa shape index (κ3) is 1.48. The Morgan fingerprint density at radius 2 is 1.94 bits per heavy atom. The number of nitrogens with two attached hydrogens (primary N) is 1. The minimum absolute atomic E-state index is 0.590. The lowest BCUT2D eigenvalue weighted by molar-refractivity contribution is 0.751. The predicted molar refractivity (Wildman–Crippen MR) is 65.1 cm³/mol. The number of aromatic nitrogens is 2. The number of nitrogen functional groups attached to an aromatic ring is 1. The molecule has 0 bridgehead atoms. The van der Waals surface area contributed by atoms with E-state index in [1.165, 1.54) is 18.4 Å². The normalized spacial score (nSPS) is 15.3. The number of hydrogen-bond donors (Lipinski definition) is 1. The van der Waals surface area contributed by atoms with Gasteiger partial charge in [-0.05, 0) is 19.8 Å². The summed E-state index contributed by atoms with van der Waals surface area (Å²) in [7, 11) is 0. The molecular weight excluding hydrogens is 198 g/mol. The van der Waals surface area contributed by atoms with Crippen LogP contribution >= 0.6 is 0 Å². The predicted octanol–water partition coefficient (Wildman–Crippen LogP) is 2.78. The maximum Gasteiger partial charge on any atom is 0.131 e. The molecular formula is C13H15N3. The highest BCUT2D eigenvalue weighted by Gasteiger charge is 2.26. The molecule has 1 aromatic carbocycles. The highest BCUT2D eigenvalue weighted by atomic mass is 15.2. The van der Waals surface area contributed by atoms with E-state index in [2.05, 4.69) is 40.7 Å². The lowest BCUT2D eigenvalue weighted by Gasteiger charge is -2.03. The molecule has 1 aliphatic rings. The van der Waals surface area contributed by atoms with Crippen LogP contribution in [0.15, 0.2) is 30.6 Å². The number of anilines is 1. The molecule has 0 saturated heterocycles. The number of hydrogen-bond acceptors (Lipinski definition) is 2. The van der Waals surface area contributed by atoms with Gasteiger partial charge in [-0.2, -0.15) is 0 Å². The maximum absolute atomic E-state index is 6.11. The van der Waals surface area contributed by atoms with Crippen LogP contribution in [0.2, 0.25) is 0 Å². The molecule has 82 valence electrons. The summed E-state index contributed by atoms with van der Waals surface area (Å²) in [6.45, 7) is 2.08. The summed E-state index contributed by atoms with van der Waals surface area (Å²) in [5, 5.41) is 0. The van der Waals surface area contributed by atoms with Crippen molar-refractivity contribution >= 4 is 5.82 Å². The Bertz CT molecular complexity index is 506. The first kappa shape index (κ1) is 9.46. The third-order valence-electron chi connectivity index (χ3n) is 3.10. The van der Waals surface area contributed by atoms with Crippen LogP contribution in [0, 0.1) is 6.92 Å². The lowest BCUT2D eigenvalue weighted by atomic mass is 10.1. The quantitative estimate of drug-likeness (QED) is 0.833. The zero-order valence-electron chi connectivity index (χ0n) is 9.35. The summed E-state index contributed by atoms with van der Waals surface area (Å²) in [4.78, 5) is 4.41. The van der Waals surface area contributed by atoms with Crippen LogP contribution in [0.4, 0.5) is 5.82 Å². The molecule has 2 N–H and O–H groups in total. The number of nitrogens with zero attached hydrogens (tertiary/aromatic N) is 2. The summed E-state index contributed by atoms with van der Waals surface area (Å²) >= 11 is 0. The van der Waals surface area contributed by atoms with Gasteiger partial charge in [-0.25, -0.2) is 4.98 Å². The van der Waals surface area contributed by atoms with E-state index in [1.54, 1.807) is 0 Å². The SMILES string of the molecule is Cc1ccc(-c2ncn(C3CC3)c2N)cc1. The number of aryl methyl sites for hydroxylation is 1. The van der Waals surface area contributed by atoms with Gasteiger partial charge < -0.3 is 10.3 Å². The van der Waals surface area contributed by atoms with Gasteiger partial charge in [-0.3, -0.25) is 0 Å². The average molecular weight is 213 g/mol. The van der Waals surface area contributed by atoms with Gasteiger partial charge in [-0.1, -0.05) is 29.8 Å². The van der Waals surface area contributed by atoms with Crippen LogP contribution in [0.1, 0.15) is 24.4 Å². The molecule has 1 fully saturated rings. The number of imidazole rings is 1. The first-order valence-electron chi connectivity index (χ1n) is 5.65. The molecule has 0 unspecified atom stereocenters. The van der Waals surface area contributed by atoms with Gasteiger partial charge in [-0.15, -0.1) is 0 Å². The first-order valence-corrected chi connectivity index (χ1v) is 5.65. The van der Waals surface area contributed by atoms with E-state index >= 15 is 0 Å². The summed E-state index contributed by atoms with van der Waals surface area (Å²) < 4.78 is 2.09. The van der Waals surface area contributed by atoms with Crippen molar-refractivity contribution in [1.29, 1.82) is 0 Å². The van der Waals surface area contributed by atoms with E-state index in [9.17, 15) is 0 Å². The minimum atomic E-state index is 0.590. The second-order valence-electron chi connectivity index (χ2n) is 4.48. The standard InChI is InChI=1S/C13H15N3/c1-9-2-4-10(5-3-9)12-13(14)16(8-15-12)11-6-7-11/h2-5,8,11H,6-7,14H2,1H3. The van der Waals surface area contributed by atoms with Crippen LogP contribution in [-0.4, -0.2) is 9.55 Å². The molecule has 1 heterocycles. The van der Waals surface area contributed by atoms with E-state index < -0.39 is 0 Å². The van der Waals surface area contributed by atoms with Crippen LogP contribution in [-0.2, 0) is 0 Å². The maximum atomic E-state index is 6.11. The van der Waals surface area contributed by atoms with Crippen molar-refractivity contribution in [3.8, 4) is 11.3 Å². The average Bonchev–Trinajstić information content (AvgIpc) is 3.05. The van der Waals surface area contributed by atoms with Gasteiger partial charge in [0, 0.05) is 11.6 Å². The number of benzene rings is 1. The molecule has 3 rings (SSSR count). The highest BCUT2D eigenvalue weighted by Crippen LogP contribution is 2.38. The van der Waals surface area contributed by atoms with E-state index in [0.717, 1.165) is 17.1 Å². The van der Waals surface area contributed by atoms with Crippen molar-refractivity contribution in [3.05, 3.63) is 36.2 Å². The molecule has 2 aromatic rings. The van der Waals surface area contributed by atoms with Crippen LogP contribution < -0.4 is 5.73 Å². The molecule has 16 heavy (non-hydrogen) atoms. The summed E-state index contributed by atoms with van der Waals surface area (Å²) in [5.74, 6) is 0.798. The van der Waals surface area contributed by atoms with E-state index in [4.69, 9.17) is 5.73 Å². The van der Waals surface area contributed by atoms with Gasteiger partial charge >= 0.3 is 0 Å². The van der Waals surface area contributed by atoms with Crippen molar-refractivity contribution in [1.82, 2.24) is 9.55 Å². The van der Waals surface area contributed by atoms with Crippen molar-refractivity contribution < 1.29 is 0 Å². The lowest BCUT2D eigenvalue weighted by Crippen LogP contribution is -1.99. The largest absolute Gasteiger partial charge is 0.383 e. The Balaban J connectivity index is 2.02. The fourth-order valence-electron chi connectivity index (χ4n) is 1.95. The molecule has 0 atom stereocenters. The van der Waals surface area contributed by atoms with Gasteiger partial charge in [0.2, 0.25) is 0 Å². The Hall–Kier alpha value is -1.77. The second kappa shape index (κ2) is 3.37. The van der Waals surface area contributed by atoms with Crippen LogP contribution in [0.3, 0.4) is 0 Å². The summed E-state index contributed by atoms with van der Waals surface area (Å²) in [6.07, 6.45) is 4.32. The highest BCUT2D eigenvalue weighted by molar-refractivity contribution is 5.70. The molecule has 3 heteroatoms. The van der Waals surface area contributed by atoms with Gasteiger partial charge in [0.15, 0.2) is 0 Å². The zero-order valence-corrected chi connectivity index (χ0v) is 9.35. The monoisotopic (exact) mass is 213 g/mol. The second-order valence-corrected chi connectivity index (χ2v) is 4.48. The molecule has 0 amide bonds. The summed E-state index contributed by atoms with van der Waals surface area (Å²) in [6, 6.07) is 8.92. The molecule has 0 spiro atoms. The van der Waals surface area contributed by atoms with Crippen molar-refractivity contribution in [2.45, 2.75) is 25.8 Å². The van der Waals surface area contributed by atoms with Gasteiger partial charge in [0.05, 0.1) is 6.33 Å². The number of rotatable bonds is 2. The zero-order chi connectivity index (χ0) is 11.1. The molecule has 3 nitrogen and oxygen atoms in total. The van der Waals surface area contributed by atoms with Crippen LogP contribution in [0.25, 0.3) is 11.3 Å². The molecule has 1 saturated carbocycles.